The number of halogens is 3. The van der Waals surface area contributed by atoms with Gasteiger partial charge in [-0.1, -0.05) is 28.4 Å². The fraction of sp³-hybridized carbons (Fsp3) is 0. The molecule has 0 bridgehead atoms. The molecule has 0 aliphatic heterocycles. The van der Waals surface area contributed by atoms with Gasteiger partial charge in [0.05, 0.1) is 5.56 Å². The van der Waals surface area contributed by atoms with Crippen LogP contribution in [0, 0.1) is 5.82 Å². The smallest absolute Gasteiger partial charge is 0.178 e. The fourth-order valence-corrected chi connectivity index (χ4v) is 1.02. The van der Waals surface area contributed by atoms with Crippen LogP contribution in [0.15, 0.2) is 23.4 Å². The molecular formula is C7H4Cl2FNO. The third kappa shape index (κ3) is 1.87. The van der Waals surface area contributed by atoms with Crippen molar-refractivity contribution in [1.29, 1.82) is 0 Å². The van der Waals surface area contributed by atoms with Crippen molar-refractivity contribution in [3.8, 4) is 0 Å². The average Bonchev–Trinajstić information content (AvgIpc) is 2.03. The van der Waals surface area contributed by atoms with Crippen LogP contribution < -0.4 is 0 Å². The van der Waals surface area contributed by atoms with Crippen molar-refractivity contribution < 1.29 is 9.60 Å². The van der Waals surface area contributed by atoms with Gasteiger partial charge in [0.25, 0.3) is 0 Å². The Kier molecular flexibility index (Phi) is 2.89. The first-order valence-corrected chi connectivity index (χ1v) is 3.73. The number of oxime groups is 1. The summed E-state index contributed by atoms with van der Waals surface area (Å²) in [6.07, 6.45) is 0. The topological polar surface area (TPSA) is 32.6 Å². The zero-order valence-electron chi connectivity index (χ0n) is 5.76. The van der Waals surface area contributed by atoms with E-state index >= 15 is 0 Å². The maximum absolute atomic E-state index is 12.9. The largest absolute Gasteiger partial charge is 0.410 e. The van der Waals surface area contributed by atoms with Crippen molar-refractivity contribution in [2.24, 2.45) is 5.16 Å². The van der Waals surface area contributed by atoms with Crippen molar-refractivity contribution in [1.82, 2.24) is 0 Å². The zero-order valence-corrected chi connectivity index (χ0v) is 7.27. The van der Waals surface area contributed by atoms with E-state index in [-0.39, 0.29) is 15.8 Å². The molecule has 0 aromatic heterocycles. The van der Waals surface area contributed by atoms with Gasteiger partial charge in [-0.2, -0.15) is 0 Å². The predicted octanol–water partition coefficient (Wildman–Crippen LogP) is 2.85. The van der Waals surface area contributed by atoms with E-state index in [9.17, 15) is 4.39 Å². The van der Waals surface area contributed by atoms with E-state index in [0.717, 1.165) is 6.07 Å². The molecule has 0 saturated carbocycles. The van der Waals surface area contributed by atoms with E-state index in [4.69, 9.17) is 28.4 Å². The van der Waals surface area contributed by atoms with Crippen LogP contribution in [0.5, 0.6) is 0 Å². The van der Waals surface area contributed by atoms with Crippen LogP contribution in [0.25, 0.3) is 0 Å². The predicted molar refractivity (Wildman–Crippen MR) is 45.6 cm³/mol. The molecule has 1 N–H and O–H groups in total. The molecule has 0 aliphatic carbocycles. The lowest BCUT2D eigenvalue weighted by atomic mass is 10.2. The van der Waals surface area contributed by atoms with Crippen LogP contribution in [0.3, 0.4) is 0 Å². The molecule has 1 aromatic carbocycles. The Morgan fingerprint density at radius 2 is 2.17 bits per heavy atom. The number of hydrogen-bond donors (Lipinski definition) is 1. The summed E-state index contributed by atoms with van der Waals surface area (Å²) in [5, 5.41) is 10.8. The van der Waals surface area contributed by atoms with Gasteiger partial charge < -0.3 is 5.21 Å². The number of nitrogens with zero attached hydrogens (tertiary/aromatic N) is 1. The molecule has 0 unspecified atom stereocenters. The monoisotopic (exact) mass is 207 g/mol. The van der Waals surface area contributed by atoms with Gasteiger partial charge in [0.15, 0.2) is 5.17 Å². The van der Waals surface area contributed by atoms with Gasteiger partial charge in [-0.05, 0) is 18.2 Å². The molecule has 0 atom stereocenters. The second-order valence-electron chi connectivity index (χ2n) is 2.01. The van der Waals surface area contributed by atoms with Crippen LogP contribution in [0.2, 0.25) is 5.02 Å². The van der Waals surface area contributed by atoms with E-state index in [0.29, 0.717) is 0 Å². The first kappa shape index (κ1) is 9.29. The van der Waals surface area contributed by atoms with Gasteiger partial charge in [0.2, 0.25) is 0 Å². The van der Waals surface area contributed by atoms with Crippen molar-refractivity contribution in [3.63, 3.8) is 0 Å². The fourth-order valence-electron chi connectivity index (χ4n) is 0.711. The van der Waals surface area contributed by atoms with Gasteiger partial charge in [-0.15, -0.1) is 0 Å². The SMILES string of the molecule is O/N=C(/Cl)c1ccc(Cl)cc1F. The number of hydrogen-bond acceptors (Lipinski definition) is 2. The summed E-state index contributed by atoms with van der Waals surface area (Å²) in [4.78, 5) is 0. The standard InChI is InChI=1S/C7H4Cl2FNO/c8-4-1-2-5(6(10)3-4)7(9)11-12/h1-3,12H/b11-7+. The summed E-state index contributed by atoms with van der Waals surface area (Å²) in [6, 6.07) is 3.87. The normalized spacial score (nSPS) is 11.8. The molecule has 0 saturated heterocycles. The van der Waals surface area contributed by atoms with E-state index < -0.39 is 5.82 Å². The highest BCUT2D eigenvalue weighted by Crippen LogP contribution is 2.16. The van der Waals surface area contributed by atoms with Crippen LogP contribution in [0.4, 0.5) is 4.39 Å². The van der Waals surface area contributed by atoms with Crippen molar-refractivity contribution in [2.75, 3.05) is 0 Å². The molecular weight excluding hydrogens is 204 g/mol. The minimum Gasteiger partial charge on any atom is -0.410 e. The third-order valence-corrected chi connectivity index (χ3v) is 1.76. The van der Waals surface area contributed by atoms with Gasteiger partial charge in [0, 0.05) is 5.02 Å². The lowest BCUT2D eigenvalue weighted by Crippen LogP contribution is -1.95. The minimum atomic E-state index is -0.620. The Bertz CT molecular complexity index is 327. The van der Waals surface area contributed by atoms with Crippen LogP contribution >= 0.6 is 23.2 Å². The third-order valence-electron chi connectivity index (χ3n) is 1.24. The lowest BCUT2D eigenvalue weighted by Gasteiger charge is -1.98. The van der Waals surface area contributed by atoms with Crippen molar-refractivity contribution in [2.45, 2.75) is 0 Å². The molecule has 0 aliphatic rings. The molecule has 1 aromatic rings. The molecule has 0 spiro atoms. The molecule has 1 rings (SSSR count). The van der Waals surface area contributed by atoms with Gasteiger partial charge in [0.1, 0.15) is 5.82 Å². The lowest BCUT2D eigenvalue weighted by molar-refractivity contribution is 0.320. The van der Waals surface area contributed by atoms with Gasteiger partial charge in [-0.3, -0.25) is 0 Å². The summed E-state index contributed by atoms with van der Waals surface area (Å²) in [7, 11) is 0. The van der Waals surface area contributed by atoms with E-state index in [1.54, 1.807) is 0 Å². The molecule has 12 heavy (non-hydrogen) atoms. The summed E-state index contributed by atoms with van der Waals surface area (Å²) in [5.41, 5.74) is 0.0172. The highest BCUT2D eigenvalue weighted by molar-refractivity contribution is 6.69. The van der Waals surface area contributed by atoms with E-state index in [2.05, 4.69) is 5.16 Å². The van der Waals surface area contributed by atoms with E-state index in [1.165, 1.54) is 12.1 Å². The maximum atomic E-state index is 12.9. The molecule has 0 radical (unpaired) electrons. The summed E-state index contributed by atoms with van der Waals surface area (Å²) >= 11 is 10.8. The van der Waals surface area contributed by atoms with E-state index in [1.807, 2.05) is 0 Å². The first-order valence-electron chi connectivity index (χ1n) is 2.98. The zero-order chi connectivity index (χ0) is 9.14. The summed E-state index contributed by atoms with van der Waals surface area (Å²) in [5.74, 6) is -0.620. The number of benzene rings is 1. The Labute approximate surface area is 78.2 Å². The molecule has 5 heteroatoms. The summed E-state index contributed by atoms with van der Waals surface area (Å²) in [6.45, 7) is 0. The molecule has 0 heterocycles. The number of rotatable bonds is 1. The van der Waals surface area contributed by atoms with Gasteiger partial charge >= 0.3 is 0 Å². The summed E-state index contributed by atoms with van der Waals surface area (Å²) < 4.78 is 12.9. The first-order chi connectivity index (χ1) is 5.65. The molecule has 0 amide bonds. The average molecular weight is 208 g/mol. The minimum absolute atomic E-state index is 0.0172. The Hall–Kier alpha value is -0.800. The molecule has 0 fully saturated rings. The van der Waals surface area contributed by atoms with Crippen LogP contribution in [-0.2, 0) is 0 Å². The van der Waals surface area contributed by atoms with Crippen LogP contribution in [-0.4, -0.2) is 10.4 Å². The van der Waals surface area contributed by atoms with Gasteiger partial charge in [-0.25, -0.2) is 4.39 Å². The Morgan fingerprint density at radius 1 is 1.50 bits per heavy atom. The Morgan fingerprint density at radius 3 is 2.67 bits per heavy atom. The highest BCUT2D eigenvalue weighted by Gasteiger charge is 2.07. The Balaban J connectivity index is 3.18. The highest BCUT2D eigenvalue weighted by atomic mass is 35.5. The molecule has 2 nitrogen and oxygen atoms in total. The molecule has 64 valence electrons. The second kappa shape index (κ2) is 3.74. The van der Waals surface area contributed by atoms with Crippen LogP contribution in [0.1, 0.15) is 5.56 Å². The van der Waals surface area contributed by atoms with Crippen molar-refractivity contribution in [3.05, 3.63) is 34.6 Å². The second-order valence-corrected chi connectivity index (χ2v) is 2.81. The van der Waals surface area contributed by atoms with Crippen molar-refractivity contribution >= 4 is 28.4 Å². The maximum Gasteiger partial charge on any atom is 0.178 e. The quantitative estimate of drug-likeness (QED) is 0.429.